The van der Waals surface area contributed by atoms with E-state index in [1.165, 1.54) is 29.6 Å². The van der Waals surface area contributed by atoms with Crippen molar-refractivity contribution in [3.05, 3.63) is 40.2 Å². The molecule has 2 N–H and O–H groups in total. The molecule has 3 rings (SSSR count). The molecule has 0 bridgehead atoms. The molecule has 0 aliphatic carbocycles. The van der Waals surface area contributed by atoms with Crippen molar-refractivity contribution < 1.29 is 14.3 Å². The number of rotatable bonds is 5. The van der Waals surface area contributed by atoms with Gasteiger partial charge in [0.05, 0.1) is 12.8 Å². The molecule has 0 saturated carbocycles. The van der Waals surface area contributed by atoms with E-state index in [1.54, 1.807) is 12.5 Å². The van der Waals surface area contributed by atoms with Crippen LogP contribution in [0.1, 0.15) is 22.3 Å². The SMILES string of the molecule is COc1ccc(-c2nc(NC(=O)c3csc(NC(C)=O)n3)sc2C)cc1. The van der Waals surface area contributed by atoms with Crippen molar-refractivity contribution in [3.63, 3.8) is 0 Å². The highest BCUT2D eigenvalue weighted by Gasteiger charge is 2.16. The standard InChI is InChI=1S/C17H16N4O3S2/c1-9-14(11-4-6-12(24-3)7-5-11)20-17(26-9)21-15(23)13-8-25-16(19-13)18-10(2)22/h4-8H,1-3H3,(H,18,19,22)(H,20,21,23). The number of carbonyl (C=O) groups is 2. The van der Waals surface area contributed by atoms with Gasteiger partial charge >= 0.3 is 0 Å². The normalized spacial score (nSPS) is 10.4. The topological polar surface area (TPSA) is 93.2 Å². The fourth-order valence-corrected chi connectivity index (χ4v) is 3.78. The van der Waals surface area contributed by atoms with Crippen molar-refractivity contribution in [3.8, 4) is 17.0 Å². The van der Waals surface area contributed by atoms with Gasteiger partial charge in [0.2, 0.25) is 5.91 Å². The van der Waals surface area contributed by atoms with Gasteiger partial charge < -0.3 is 10.1 Å². The summed E-state index contributed by atoms with van der Waals surface area (Å²) in [6.45, 7) is 3.34. The Bertz CT molecular complexity index is 947. The fourth-order valence-electron chi connectivity index (χ4n) is 2.21. The lowest BCUT2D eigenvalue weighted by molar-refractivity contribution is -0.114. The van der Waals surface area contributed by atoms with E-state index in [2.05, 4.69) is 20.6 Å². The van der Waals surface area contributed by atoms with Crippen LogP contribution >= 0.6 is 22.7 Å². The van der Waals surface area contributed by atoms with Gasteiger partial charge in [-0.3, -0.25) is 14.9 Å². The second kappa shape index (κ2) is 7.63. The molecule has 0 aliphatic rings. The maximum atomic E-state index is 12.3. The number of nitrogens with zero attached hydrogens (tertiary/aromatic N) is 2. The smallest absolute Gasteiger partial charge is 0.276 e. The van der Waals surface area contributed by atoms with Gasteiger partial charge in [-0.2, -0.15) is 0 Å². The van der Waals surface area contributed by atoms with Gasteiger partial charge in [-0.1, -0.05) is 0 Å². The number of carbonyl (C=O) groups excluding carboxylic acids is 2. The lowest BCUT2D eigenvalue weighted by Gasteiger charge is -2.01. The molecular weight excluding hydrogens is 372 g/mol. The number of ether oxygens (including phenoxy) is 1. The Morgan fingerprint density at radius 2 is 1.81 bits per heavy atom. The Labute approximate surface area is 158 Å². The number of anilines is 2. The van der Waals surface area contributed by atoms with Gasteiger partial charge in [0.15, 0.2) is 10.3 Å². The zero-order valence-corrected chi connectivity index (χ0v) is 16.0. The van der Waals surface area contributed by atoms with Crippen molar-refractivity contribution in [1.82, 2.24) is 9.97 Å². The highest BCUT2D eigenvalue weighted by Crippen LogP contribution is 2.31. The van der Waals surface area contributed by atoms with Crippen LogP contribution in [-0.2, 0) is 4.79 Å². The predicted molar refractivity (Wildman–Crippen MR) is 103 cm³/mol. The van der Waals surface area contributed by atoms with E-state index >= 15 is 0 Å². The molecular formula is C17H16N4O3S2. The third-order valence-corrected chi connectivity index (χ3v) is 5.04. The van der Waals surface area contributed by atoms with Crippen LogP contribution in [0.5, 0.6) is 5.75 Å². The average molecular weight is 388 g/mol. The van der Waals surface area contributed by atoms with E-state index in [0.29, 0.717) is 10.3 Å². The molecule has 0 radical (unpaired) electrons. The summed E-state index contributed by atoms with van der Waals surface area (Å²) in [5, 5.41) is 7.77. The van der Waals surface area contributed by atoms with E-state index < -0.39 is 0 Å². The first-order valence-corrected chi connectivity index (χ1v) is 9.32. The summed E-state index contributed by atoms with van der Waals surface area (Å²) < 4.78 is 5.16. The van der Waals surface area contributed by atoms with Crippen LogP contribution in [0.2, 0.25) is 0 Å². The number of aryl methyl sites for hydroxylation is 1. The number of thiazole rings is 2. The number of methoxy groups -OCH3 is 1. The molecule has 9 heteroatoms. The Morgan fingerprint density at radius 3 is 2.46 bits per heavy atom. The van der Waals surface area contributed by atoms with Gasteiger partial charge in [0.1, 0.15) is 11.4 Å². The van der Waals surface area contributed by atoms with E-state index in [0.717, 1.165) is 21.9 Å². The maximum Gasteiger partial charge on any atom is 0.276 e. The molecule has 26 heavy (non-hydrogen) atoms. The molecule has 0 fully saturated rings. The van der Waals surface area contributed by atoms with Gasteiger partial charge in [0.25, 0.3) is 5.91 Å². The third-order valence-electron chi connectivity index (χ3n) is 3.40. The molecule has 0 atom stereocenters. The molecule has 0 spiro atoms. The van der Waals surface area contributed by atoms with Crippen molar-refractivity contribution in [2.45, 2.75) is 13.8 Å². The molecule has 7 nitrogen and oxygen atoms in total. The average Bonchev–Trinajstić information content (AvgIpc) is 3.21. The second-order valence-corrected chi connectivity index (χ2v) is 7.39. The van der Waals surface area contributed by atoms with Crippen LogP contribution in [0, 0.1) is 6.92 Å². The van der Waals surface area contributed by atoms with Crippen LogP contribution < -0.4 is 15.4 Å². The Morgan fingerprint density at radius 1 is 1.08 bits per heavy atom. The summed E-state index contributed by atoms with van der Waals surface area (Å²) in [6.07, 6.45) is 0. The number of nitrogens with one attached hydrogen (secondary N) is 2. The monoisotopic (exact) mass is 388 g/mol. The van der Waals surface area contributed by atoms with E-state index in [1.807, 2.05) is 31.2 Å². The number of hydrogen-bond acceptors (Lipinski definition) is 7. The van der Waals surface area contributed by atoms with E-state index in [-0.39, 0.29) is 17.5 Å². The molecule has 0 unspecified atom stereocenters. The lowest BCUT2D eigenvalue weighted by Crippen LogP contribution is -2.12. The number of amides is 2. The zero-order chi connectivity index (χ0) is 18.7. The number of hydrogen-bond donors (Lipinski definition) is 2. The van der Waals surface area contributed by atoms with Crippen molar-refractivity contribution in [1.29, 1.82) is 0 Å². The predicted octanol–water partition coefficient (Wildman–Crippen LogP) is 3.79. The largest absolute Gasteiger partial charge is 0.497 e. The summed E-state index contributed by atoms with van der Waals surface area (Å²) >= 11 is 2.58. The number of benzene rings is 1. The minimum atomic E-state index is -0.368. The van der Waals surface area contributed by atoms with Gasteiger partial charge in [-0.25, -0.2) is 9.97 Å². The summed E-state index contributed by atoms with van der Waals surface area (Å²) in [5.74, 6) is 0.174. The highest BCUT2D eigenvalue weighted by atomic mass is 32.1. The van der Waals surface area contributed by atoms with Crippen molar-refractivity contribution in [2.75, 3.05) is 17.7 Å². The molecule has 2 aromatic heterocycles. The molecule has 2 amide bonds. The summed E-state index contributed by atoms with van der Waals surface area (Å²) in [4.78, 5) is 32.9. The first kappa shape index (κ1) is 18.0. The van der Waals surface area contributed by atoms with Crippen LogP contribution in [0.4, 0.5) is 10.3 Å². The fraction of sp³-hybridized carbons (Fsp3) is 0.176. The Hall–Kier alpha value is -2.78. The second-order valence-electron chi connectivity index (χ2n) is 5.33. The highest BCUT2D eigenvalue weighted by molar-refractivity contribution is 7.16. The van der Waals surface area contributed by atoms with E-state index in [4.69, 9.17) is 4.74 Å². The molecule has 134 valence electrons. The van der Waals surface area contributed by atoms with Gasteiger partial charge in [0, 0.05) is 22.7 Å². The van der Waals surface area contributed by atoms with Gasteiger partial charge in [-0.15, -0.1) is 22.7 Å². The van der Waals surface area contributed by atoms with Crippen LogP contribution in [0.3, 0.4) is 0 Å². The van der Waals surface area contributed by atoms with Crippen LogP contribution in [0.25, 0.3) is 11.3 Å². The van der Waals surface area contributed by atoms with Crippen molar-refractivity contribution >= 4 is 44.8 Å². The number of aromatic nitrogens is 2. The molecule has 0 aliphatic heterocycles. The summed E-state index contributed by atoms with van der Waals surface area (Å²) in [6, 6.07) is 7.58. The first-order chi connectivity index (χ1) is 12.5. The quantitative estimate of drug-likeness (QED) is 0.693. The van der Waals surface area contributed by atoms with Crippen molar-refractivity contribution in [2.24, 2.45) is 0 Å². The molecule has 2 heterocycles. The lowest BCUT2D eigenvalue weighted by atomic mass is 10.1. The summed E-state index contributed by atoms with van der Waals surface area (Å²) in [7, 11) is 1.62. The zero-order valence-electron chi connectivity index (χ0n) is 14.3. The molecule has 1 aromatic carbocycles. The van der Waals surface area contributed by atoms with Gasteiger partial charge in [-0.05, 0) is 31.2 Å². The maximum absolute atomic E-state index is 12.3. The Balaban J connectivity index is 1.75. The van der Waals surface area contributed by atoms with E-state index in [9.17, 15) is 9.59 Å². The Kier molecular flexibility index (Phi) is 5.29. The van der Waals surface area contributed by atoms with Crippen LogP contribution in [0.15, 0.2) is 29.6 Å². The minimum absolute atomic E-state index is 0.231. The van der Waals surface area contributed by atoms with Crippen LogP contribution in [-0.4, -0.2) is 28.9 Å². The molecule has 3 aromatic rings. The summed E-state index contributed by atoms with van der Waals surface area (Å²) in [5.41, 5.74) is 1.99. The third kappa shape index (κ3) is 4.06. The minimum Gasteiger partial charge on any atom is -0.497 e. The first-order valence-electron chi connectivity index (χ1n) is 7.62. The molecule has 0 saturated heterocycles.